The number of nitriles is 2. The Balaban J connectivity index is 2.14. The molecule has 1 saturated heterocycles. The molecule has 0 spiro atoms. The van der Waals surface area contributed by atoms with E-state index >= 15 is 0 Å². The number of likely N-dealkylation sites (tertiary alicyclic amines) is 1. The number of rotatable bonds is 5. The lowest BCUT2D eigenvalue weighted by Crippen LogP contribution is -2.29. The second-order valence-electron chi connectivity index (χ2n) is 5.88. The van der Waals surface area contributed by atoms with Crippen LogP contribution in [0.1, 0.15) is 48.7 Å². The van der Waals surface area contributed by atoms with E-state index in [0.717, 1.165) is 31.6 Å². The summed E-state index contributed by atoms with van der Waals surface area (Å²) in [6.07, 6.45) is 3.42. The standard InChI is InChI=1S/C16H23N5/c1-12-16(13(2)20(3)19-12)15-7-5-9-21(15)11-14(10-18)6-4-8-17/h14-15H,4-7,9,11H2,1-3H3. The lowest BCUT2D eigenvalue weighted by Gasteiger charge is -2.26. The maximum absolute atomic E-state index is 9.28. The van der Waals surface area contributed by atoms with Gasteiger partial charge in [0.15, 0.2) is 0 Å². The first-order valence-electron chi connectivity index (χ1n) is 7.59. The number of hydrogen-bond acceptors (Lipinski definition) is 4. The molecule has 0 aliphatic carbocycles. The van der Waals surface area contributed by atoms with Crippen LogP contribution in [0.25, 0.3) is 0 Å². The fourth-order valence-electron chi connectivity index (χ4n) is 3.36. The Morgan fingerprint density at radius 2 is 2.14 bits per heavy atom. The zero-order valence-electron chi connectivity index (χ0n) is 13.1. The first-order chi connectivity index (χ1) is 10.1. The zero-order valence-corrected chi connectivity index (χ0v) is 13.1. The summed E-state index contributed by atoms with van der Waals surface area (Å²) in [5.74, 6) is -0.0532. The third kappa shape index (κ3) is 3.25. The Hall–Kier alpha value is -1.85. The molecule has 1 aromatic heterocycles. The van der Waals surface area contributed by atoms with Gasteiger partial charge < -0.3 is 0 Å². The second-order valence-corrected chi connectivity index (χ2v) is 5.88. The average molecular weight is 285 g/mol. The van der Waals surface area contributed by atoms with Crippen LogP contribution in [0.15, 0.2) is 0 Å². The van der Waals surface area contributed by atoms with Gasteiger partial charge in [0.25, 0.3) is 0 Å². The first-order valence-corrected chi connectivity index (χ1v) is 7.59. The third-order valence-corrected chi connectivity index (χ3v) is 4.50. The van der Waals surface area contributed by atoms with Crippen LogP contribution in [-0.4, -0.2) is 27.8 Å². The van der Waals surface area contributed by atoms with Crippen LogP contribution in [0, 0.1) is 42.4 Å². The normalized spacial score (nSPS) is 20.1. The highest BCUT2D eigenvalue weighted by molar-refractivity contribution is 5.29. The molecule has 21 heavy (non-hydrogen) atoms. The summed E-state index contributed by atoms with van der Waals surface area (Å²) in [5, 5.41) is 22.5. The molecule has 2 rings (SSSR count). The van der Waals surface area contributed by atoms with Crippen molar-refractivity contribution in [2.24, 2.45) is 13.0 Å². The molecule has 1 aliphatic heterocycles. The van der Waals surface area contributed by atoms with Crippen LogP contribution in [0.2, 0.25) is 0 Å². The monoisotopic (exact) mass is 285 g/mol. The van der Waals surface area contributed by atoms with E-state index in [9.17, 15) is 5.26 Å². The van der Waals surface area contributed by atoms with Gasteiger partial charge in [-0.05, 0) is 39.7 Å². The summed E-state index contributed by atoms with van der Waals surface area (Å²) in [7, 11) is 1.98. The molecule has 2 atom stereocenters. The van der Waals surface area contributed by atoms with Crippen molar-refractivity contribution in [2.75, 3.05) is 13.1 Å². The summed E-state index contributed by atoms with van der Waals surface area (Å²) in [6, 6.07) is 4.87. The molecule has 1 aromatic rings. The Morgan fingerprint density at radius 1 is 1.38 bits per heavy atom. The lowest BCUT2D eigenvalue weighted by molar-refractivity contribution is 0.229. The number of aryl methyl sites for hydroxylation is 2. The smallest absolute Gasteiger partial charge is 0.0669 e. The number of nitrogens with zero attached hydrogens (tertiary/aromatic N) is 5. The van der Waals surface area contributed by atoms with Crippen molar-refractivity contribution < 1.29 is 0 Å². The fraction of sp³-hybridized carbons (Fsp3) is 0.688. The molecule has 0 N–H and O–H groups in total. The van der Waals surface area contributed by atoms with Crippen molar-refractivity contribution in [3.63, 3.8) is 0 Å². The Kier molecular flexibility index (Phi) is 4.98. The molecule has 2 unspecified atom stereocenters. The van der Waals surface area contributed by atoms with Gasteiger partial charge in [-0.1, -0.05) is 0 Å². The molecular weight excluding hydrogens is 262 g/mol. The minimum absolute atomic E-state index is 0.0532. The zero-order chi connectivity index (χ0) is 15.4. The van der Waals surface area contributed by atoms with Gasteiger partial charge in [-0.25, -0.2) is 0 Å². The summed E-state index contributed by atoms with van der Waals surface area (Å²) in [6.45, 7) is 5.97. The molecular formula is C16H23N5. The van der Waals surface area contributed by atoms with Crippen LogP contribution in [0.3, 0.4) is 0 Å². The van der Waals surface area contributed by atoms with E-state index < -0.39 is 0 Å². The van der Waals surface area contributed by atoms with E-state index in [-0.39, 0.29) is 5.92 Å². The maximum Gasteiger partial charge on any atom is 0.0669 e. The SMILES string of the molecule is Cc1nn(C)c(C)c1C1CCCN1CC(C#N)CCC#N. The van der Waals surface area contributed by atoms with E-state index in [1.54, 1.807) is 0 Å². The van der Waals surface area contributed by atoms with Gasteiger partial charge in [0.2, 0.25) is 0 Å². The van der Waals surface area contributed by atoms with Gasteiger partial charge in [-0.15, -0.1) is 0 Å². The highest BCUT2D eigenvalue weighted by atomic mass is 15.3. The number of aromatic nitrogens is 2. The molecule has 0 aromatic carbocycles. The van der Waals surface area contributed by atoms with Crippen molar-refractivity contribution in [2.45, 2.75) is 45.6 Å². The predicted octanol–water partition coefficient (Wildman–Crippen LogP) is 2.62. The largest absolute Gasteiger partial charge is 0.295 e. The second kappa shape index (κ2) is 6.74. The van der Waals surface area contributed by atoms with Crippen LogP contribution >= 0.6 is 0 Å². The molecule has 112 valence electrons. The molecule has 1 fully saturated rings. The van der Waals surface area contributed by atoms with Gasteiger partial charge in [0, 0.05) is 37.3 Å². The molecule has 0 saturated carbocycles. The van der Waals surface area contributed by atoms with Gasteiger partial charge in [0.05, 0.1) is 23.8 Å². The van der Waals surface area contributed by atoms with Gasteiger partial charge in [-0.3, -0.25) is 9.58 Å². The lowest BCUT2D eigenvalue weighted by atomic mass is 10.00. The highest BCUT2D eigenvalue weighted by Crippen LogP contribution is 2.36. The molecule has 5 heteroatoms. The van der Waals surface area contributed by atoms with Crippen LogP contribution in [0.4, 0.5) is 0 Å². The summed E-state index contributed by atoms with van der Waals surface area (Å²) < 4.78 is 1.94. The van der Waals surface area contributed by atoms with Crippen molar-refractivity contribution >= 4 is 0 Å². The topological polar surface area (TPSA) is 68.6 Å². The highest BCUT2D eigenvalue weighted by Gasteiger charge is 2.31. The predicted molar refractivity (Wildman–Crippen MR) is 80.2 cm³/mol. The van der Waals surface area contributed by atoms with E-state index in [2.05, 4.69) is 36.0 Å². The number of hydrogen-bond donors (Lipinski definition) is 0. The van der Waals surface area contributed by atoms with E-state index in [1.165, 1.54) is 11.3 Å². The minimum Gasteiger partial charge on any atom is -0.295 e. The molecule has 2 heterocycles. The quantitative estimate of drug-likeness (QED) is 0.834. The summed E-state index contributed by atoms with van der Waals surface area (Å²) in [5.41, 5.74) is 3.64. The van der Waals surface area contributed by atoms with Crippen molar-refractivity contribution in [1.82, 2.24) is 14.7 Å². The average Bonchev–Trinajstić information content (AvgIpc) is 3.00. The van der Waals surface area contributed by atoms with Crippen molar-refractivity contribution in [1.29, 1.82) is 10.5 Å². The van der Waals surface area contributed by atoms with Gasteiger partial charge in [-0.2, -0.15) is 15.6 Å². The van der Waals surface area contributed by atoms with Gasteiger partial charge in [0.1, 0.15) is 0 Å². The van der Waals surface area contributed by atoms with Crippen molar-refractivity contribution in [3.8, 4) is 12.1 Å². The molecule has 1 aliphatic rings. The van der Waals surface area contributed by atoms with E-state index in [4.69, 9.17) is 5.26 Å². The third-order valence-electron chi connectivity index (χ3n) is 4.50. The van der Waals surface area contributed by atoms with Gasteiger partial charge >= 0.3 is 0 Å². The molecule has 0 amide bonds. The summed E-state index contributed by atoms with van der Waals surface area (Å²) >= 11 is 0. The van der Waals surface area contributed by atoms with Crippen molar-refractivity contribution in [3.05, 3.63) is 17.0 Å². The Morgan fingerprint density at radius 3 is 2.71 bits per heavy atom. The van der Waals surface area contributed by atoms with Crippen LogP contribution < -0.4 is 0 Å². The summed E-state index contributed by atoms with van der Waals surface area (Å²) in [4.78, 5) is 2.41. The molecule has 0 bridgehead atoms. The molecule has 5 nitrogen and oxygen atoms in total. The first kappa shape index (κ1) is 15.5. The van der Waals surface area contributed by atoms with E-state index in [0.29, 0.717) is 18.9 Å². The van der Waals surface area contributed by atoms with E-state index in [1.807, 2.05) is 11.7 Å². The Bertz CT molecular complexity index is 575. The van der Waals surface area contributed by atoms with Crippen LogP contribution in [-0.2, 0) is 7.05 Å². The Labute approximate surface area is 126 Å². The fourth-order valence-corrected chi connectivity index (χ4v) is 3.36. The van der Waals surface area contributed by atoms with Crippen LogP contribution in [0.5, 0.6) is 0 Å². The minimum atomic E-state index is -0.0532. The molecule has 0 radical (unpaired) electrons. The maximum atomic E-state index is 9.28.